The third kappa shape index (κ3) is 3.08. The van der Waals surface area contributed by atoms with Crippen molar-refractivity contribution >= 4 is 11.3 Å². The van der Waals surface area contributed by atoms with Gasteiger partial charge in [-0.2, -0.15) is 29.6 Å². The molecule has 0 saturated heterocycles. The molecule has 0 saturated carbocycles. The van der Waals surface area contributed by atoms with E-state index in [-0.39, 0.29) is 18.3 Å². The largest absolute Gasteiger partial charge is 0.408 e. The van der Waals surface area contributed by atoms with Crippen molar-refractivity contribution in [3.63, 3.8) is 0 Å². The second-order valence-corrected chi connectivity index (χ2v) is 4.35. The molecule has 0 fully saturated rings. The van der Waals surface area contributed by atoms with Gasteiger partial charge in [-0.3, -0.25) is 0 Å². The first-order chi connectivity index (χ1) is 8.49. The number of halogens is 3. The number of ether oxygens (including phenoxy) is 1. The zero-order chi connectivity index (χ0) is 13.2. The summed E-state index contributed by atoms with van der Waals surface area (Å²) in [5.41, 5.74) is 0.624. The minimum absolute atomic E-state index is 0.0853. The van der Waals surface area contributed by atoms with Crippen molar-refractivity contribution in [2.75, 3.05) is 7.11 Å². The predicted octanol–water partition coefficient (Wildman–Crippen LogP) is 2.72. The van der Waals surface area contributed by atoms with Crippen LogP contribution in [0.1, 0.15) is 5.82 Å². The Morgan fingerprint density at radius 2 is 2.22 bits per heavy atom. The van der Waals surface area contributed by atoms with Crippen LogP contribution in [0.5, 0.6) is 0 Å². The molecule has 2 rings (SSSR count). The number of hydrogen-bond donors (Lipinski definition) is 0. The number of thiophene rings is 1. The van der Waals surface area contributed by atoms with E-state index in [2.05, 4.69) is 10.1 Å². The van der Waals surface area contributed by atoms with Crippen LogP contribution in [0.2, 0.25) is 0 Å². The van der Waals surface area contributed by atoms with E-state index in [0.717, 1.165) is 4.68 Å². The maximum Gasteiger partial charge on any atom is 0.408 e. The number of methoxy groups -OCH3 is 1. The Kier molecular flexibility index (Phi) is 3.67. The molecule has 0 aliphatic rings. The molecule has 2 heterocycles. The highest BCUT2D eigenvalue weighted by Crippen LogP contribution is 2.24. The lowest BCUT2D eigenvalue weighted by atomic mass is 10.3. The summed E-state index contributed by atoms with van der Waals surface area (Å²) in [4.78, 5) is 4.06. The van der Waals surface area contributed by atoms with Crippen molar-refractivity contribution in [3.8, 4) is 11.4 Å². The van der Waals surface area contributed by atoms with Crippen LogP contribution < -0.4 is 0 Å². The third-order valence-electron chi connectivity index (χ3n) is 2.10. The quantitative estimate of drug-likeness (QED) is 0.862. The molecule has 2 aromatic rings. The molecule has 0 aromatic carbocycles. The van der Waals surface area contributed by atoms with Crippen LogP contribution in [0.15, 0.2) is 16.8 Å². The van der Waals surface area contributed by atoms with Crippen LogP contribution in [-0.2, 0) is 17.9 Å². The van der Waals surface area contributed by atoms with Crippen LogP contribution in [0, 0.1) is 0 Å². The molecule has 18 heavy (non-hydrogen) atoms. The number of hydrogen-bond acceptors (Lipinski definition) is 4. The van der Waals surface area contributed by atoms with Crippen LogP contribution in [0.4, 0.5) is 13.2 Å². The molecule has 0 spiro atoms. The zero-order valence-electron chi connectivity index (χ0n) is 9.44. The van der Waals surface area contributed by atoms with Gasteiger partial charge >= 0.3 is 6.18 Å². The molecular formula is C10H10F3N3OS. The fourth-order valence-corrected chi connectivity index (χ4v) is 2.10. The van der Waals surface area contributed by atoms with Gasteiger partial charge in [0.25, 0.3) is 0 Å². The molecule has 0 amide bonds. The minimum atomic E-state index is -4.33. The smallest absolute Gasteiger partial charge is 0.377 e. The fraction of sp³-hybridized carbons (Fsp3) is 0.400. The highest BCUT2D eigenvalue weighted by molar-refractivity contribution is 7.08. The SMILES string of the molecule is COCc1nc(-c2ccsc2)n(CC(F)(F)F)n1. The molecule has 2 aromatic heterocycles. The van der Waals surface area contributed by atoms with Gasteiger partial charge in [-0.25, -0.2) is 9.67 Å². The van der Waals surface area contributed by atoms with Crippen molar-refractivity contribution in [1.82, 2.24) is 14.8 Å². The Balaban J connectivity index is 2.36. The van der Waals surface area contributed by atoms with Crippen LogP contribution in [-0.4, -0.2) is 28.1 Å². The van der Waals surface area contributed by atoms with E-state index in [1.54, 1.807) is 16.8 Å². The van der Waals surface area contributed by atoms with Crippen LogP contribution in [0.25, 0.3) is 11.4 Å². The van der Waals surface area contributed by atoms with Crippen molar-refractivity contribution < 1.29 is 17.9 Å². The molecule has 0 atom stereocenters. The van der Waals surface area contributed by atoms with Crippen molar-refractivity contribution in [1.29, 1.82) is 0 Å². The van der Waals surface area contributed by atoms with Crippen LogP contribution in [0.3, 0.4) is 0 Å². The summed E-state index contributed by atoms with van der Waals surface area (Å²) < 4.78 is 43.0. The topological polar surface area (TPSA) is 39.9 Å². The highest BCUT2D eigenvalue weighted by Gasteiger charge is 2.30. The number of aromatic nitrogens is 3. The molecule has 0 N–H and O–H groups in total. The van der Waals surface area contributed by atoms with Gasteiger partial charge < -0.3 is 4.74 Å². The summed E-state index contributed by atoms with van der Waals surface area (Å²) in [5, 5.41) is 7.31. The average molecular weight is 277 g/mol. The van der Waals surface area contributed by atoms with Gasteiger partial charge in [0.05, 0.1) is 0 Å². The van der Waals surface area contributed by atoms with Gasteiger partial charge in [0, 0.05) is 18.1 Å². The van der Waals surface area contributed by atoms with E-state index in [0.29, 0.717) is 5.56 Å². The van der Waals surface area contributed by atoms with Crippen molar-refractivity contribution in [3.05, 3.63) is 22.7 Å². The Bertz CT molecular complexity index is 507. The lowest BCUT2D eigenvalue weighted by Crippen LogP contribution is -2.19. The lowest BCUT2D eigenvalue weighted by molar-refractivity contribution is -0.142. The van der Waals surface area contributed by atoms with Crippen molar-refractivity contribution in [2.45, 2.75) is 19.3 Å². The average Bonchev–Trinajstić information content (AvgIpc) is 2.85. The normalized spacial score (nSPS) is 12.0. The van der Waals surface area contributed by atoms with E-state index in [9.17, 15) is 13.2 Å². The van der Waals surface area contributed by atoms with E-state index in [1.807, 2.05) is 0 Å². The maximum absolute atomic E-state index is 12.4. The minimum Gasteiger partial charge on any atom is -0.377 e. The molecule has 0 unspecified atom stereocenters. The summed E-state index contributed by atoms with van der Waals surface area (Å²) in [7, 11) is 1.44. The predicted molar refractivity (Wildman–Crippen MR) is 60.1 cm³/mol. The summed E-state index contributed by atoms with van der Waals surface area (Å²) in [6.07, 6.45) is -4.33. The van der Waals surface area contributed by atoms with Crippen LogP contribution >= 0.6 is 11.3 Å². The first kappa shape index (κ1) is 13.0. The monoisotopic (exact) mass is 277 g/mol. The first-order valence-electron chi connectivity index (χ1n) is 5.01. The Morgan fingerprint density at radius 3 is 2.78 bits per heavy atom. The number of alkyl halides is 3. The first-order valence-corrected chi connectivity index (χ1v) is 5.96. The Labute approximate surface area is 105 Å². The zero-order valence-corrected chi connectivity index (χ0v) is 10.3. The second kappa shape index (κ2) is 5.07. The molecule has 0 radical (unpaired) electrons. The second-order valence-electron chi connectivity index (χ2n) is 3.57. The van der Waals surface area contributed by atoms with Gasteiger partial charge in [0.2, 0.25) is 0 Å². The fourth-order valence-electron chi connectivity index (χ4n) is 1.46. The summed E-state index contributed by atoms with van der Waals surface area (Å²) in [6, 6.07) is 1.71. The molecular weight excluding hydrogens is 267 g/mol. The maximum atomic E-state index is 12.4. The van der Waals surface area contributed by atoms with E-state index in [1.165, 1.54) is 18.4 Å². The van der Waals surface area contributed by atoms with Gasteiger partial charge in [0.15, 0.2) is 11.6 Å². The molecule has 8 heteroatoms. The molecule has 98 valence electrons. The highest BCUT2D eigenvalue weighted by atomic mass is 32.1. The lowest BCUT2D eigenvalue weighted by Gasteiger charge is -2.07. The molecule has 0 bridgehead atoms. The summed E-state index contributed by atoms with van der Waals surface area (Å²) in [5.74, 6) is 0.448. The van der Waals surface area contributed by atoms with E-state index >= 15 is 0 Å². The Morgan fingerprint density at radius 1 is 1.44 bits per heavy atom. The standard InChI is InChI=1S/C10H10F3N3OS/c1-17-4-8-14-9(7-2-3-18-5-7)16(15-8)6-10(11,12)13/h2-3,5H,4,6H2,1H3. The summed E-state index contributed by atoms with van der Waals surface area (Å²) >= 11 is 1.39. The van der Waals surface area contributed by atoms with Crippen molar-refractivity contribution in [2.24, 2.45) is 0 Å². The number of rotatable bonds is 4. The molecule has 0 aliphatic carbocycles. The van der Waals surface area contributed by atoms with E-state index < -0.39 is 12.7 Å². The van der Waals surface area contributed by atoms with Gasteiger partial charge in [0.1, 0.15) is 13.2 Å². The summed E-state index contributed by atoms with van der Waals surface area (Å²) in [6.45, 7) is -1.07. The van der Waals surface area contributed by atoms with Gasteiger partial charge in [-0.1, -0.05) is 0 Å². The third-order valence-corrected chi connectivity index (χ3v) is 2.78. The van der Waals surface area contributed by atoms with E-state index in [4.69, 9.17) is 4.74 Å². The molecule has 0 aliphatic heterocycles. The number of nitrogens with zero attached hydrogens (tertiary/aromatic N) is 3. The molecule has 4 nitrogen and oxygen atoms in total. The Hall–Kier alpha value is -1.41. The van der Waals surface area contributed by atoms with Gasteiger partial charge in [-0.15, -0.1) is 0 Å². The van der Waals surface area contributed by atoms with Gasteiger partial charge in [-0.05, 0) is 11.4 Å².